The van der Waals surface area contributed by atoms with Crippen molar-refractivity contribution in [3.63, 3.8) is 0 Å². The maximum atomic E-state index is 13.9. The van der Waals surface area contributed by atoms with Crippen LogP contribution in [0.5, 0.6) is 0 Å². The van der Waals surface area contributed by atoms with Crippen LogP contribution in [0.25, 0.3) is 6.08 Å². The van der Waals surface area contributed by atoms with E-state index in [-0.39, 0.29) is 18.6 Å². The minimum absolute atomic E-state index is 0.0582. The van der Waals surface area contributed by atoms with Crippen molar-refractivity contribution in [3.8, 4) is 0 Å². The van der Waals surface area contributed by atoms with Gasteiger partial charge in [0.1, 0.15) is 5.01 Å². The van der Waals surface area contributed by atoms with Crippen LogP contribution in [-0.4, -0.2) is 48.8 Å². The van der Waals surface area contributed by atoms with Crippen LogP contribution in [0.4, 0.5) is 0 Å². The number of rotatable bonds is 6. The second kappa shape index (κ2) is 8.57. The van der Waals surface area contributed by atoms with Crippen LogP contribution in [0.2, 0.25) is 0 Å². The van der Waals surface area contributed by atoms with Crippen LogP contribution in [0.3, 0.4) is 0 Å². The van der Waals surface area contributed by atoms with E-state index in [1.165, 1.54) is 20.9 Å². The molecule has 0 saturated carbocycles. The topological polar surface area (TPSA) is 97.6 Å². The summed E-state index contributed by atoms with van der Waals surface area (Å²) in [5, 5.41) is 16.8. The molecule has 1 aliphatic rings. The van der Waals surface area contributed by atoms with E-state index < -0.39 is 23.6 Å². The van der Waals surface area contributed by atoms with E-state index in [0.717, 1.165) is 11.1 Å². The fourth-order valence-corrected chi connectivity index (χ4v) is 4.80. The molecular formula is C24H26N4O4S. The largest absolute Gasteiger partial charge is 0.479 e. The monoisotopic (exact) mass is 466 g/mol. The van der Waals surface area contributed by atoms with Crippen molar-refractivity contribution >= 4 is 29.3 Å². The van der Waals surface area contributed by atoms with Gasteiger partial charge in [-0.05, 0) is 34.7 Å². The molecule has 0 spiro atoms. The van der Waals surface area contributed by atoms with Crippen LogP contribution >= 0.6 is 11.3 Å². The summed E-state index contributed by atoms with van der Waals surface area (Å²) in [6.45, 7) is 9.92. The lowest BCUT2D eigenvalue weighted by atomic mass is 9.83. The Morgan fingerprint density at radius 3 is 2.73 bits per heavy atom. The number of carbonyl (C=O) groups is 2. The van der Waals surface area contributed by atoms with Crippen molar-refractivity contribution in [1.29, 1.82) is 0 Å². The smallest absolute Gasteiger partial charge is 0.334 e. The molecule has 2 aromatic heterocycles. The van der Waals surface area contributed by atoms with Crippen LogP contribution in [0.1, 0.15) is 53.5 Å². The number of benzene rings is 1. The molecule has 3 aromatic rings. The highest BCUT2D eigenvalue weighted by molar-refractivity contribution is 7.09. The summed E-state index contributed by atoms with van der Waals surface area (Å²) in [6.07, 6.45) is 5.63. The van der Waals surface area contributed by atoms with Gasteiger partial charge in [-0.25, -0.2) is 9.78 Å². The number of ether oxygens (including phenoxy) is 1. The number of thiazole rings is 1. The van der Waals surface area contributed by atoms with Crippen LogP contribution < -0.4 is 0 Å². The van der Waals surface area contributed by atoms with Gasteiger partial charge in [0.2, 0.25) is 0 Å². The van der Waals surface area contributed by atoms with E-state index >= 15 is 0 Å². The van der Waals surface area contributed by atoms with Gasteiger partial charge in [-0.3, -0.25) is 14.4 Å². The predicted octanol–water partition coefficient (Wildman–Crippen LogP) is 3.97. The van der Waals surface area contributed by atoms with E-state index in [1.54, 1.807) is 48.2 Å². The molecule has 1 amide bonds. The molecule has 1 N–H and O–H groups in total. The third kappa shape index (κ3) is 4.09. The molecule has 0 radical (unpaired) electrons. The molecule has 0 bridgehead atoms. The number of carboxylic acids is 1. The zero-order chi connectivity index (χ0) is 23.8. The molecule has 9 heteroatoms. The van der Waals surface area contributed by atoms with Gasteiger partial charge in [0.15, 0.2) is 11.8 Å². The number of aliphatic carboxylic acids is 1. The van der Waals surface area contributed by atoms with E-state index in [9.17, 15) is 14.7 Å². The zero-order valence-corrected chi connectivity index (χ0v) is 19.6. The van der Waals surface area contributed by atoms with Crippen molar-refractivity contribution in [2.45, 2.75) is 44.5 Å². The van der Waals surface area contributed by atoms with Gasteiger partial charge >= 0.3 is 5.97 Å². The zero-order valence-electron chi connectivity index (χ0n) is 18.8. The first-order valence-electron chi connectivity index (χ1n) is 10.5. The first-order chi connectivity index (χ1) is 15.7. The molecule has 1 fully saturated rings. The third-order valence-electron chi connectivity index (χ3n) is 5.76. The lowest BCUT2D eigenvalue weighted by Gasteiger charge is -2.35. The number of amides is 1. The standard InChI is InChI=1S/C24H26N4O4S/c1-5-16-13-17(7-8-18(16)23(2,3)4)20(29)28-21(19-25-10-12-33-19)32-15-24(28,22(30)31)14-27-11-6-9-26-27/h5-13,21H,1,14-15H2,2-4H3,(H,30,31). The van der Waals surface area contributed by atoms with Crippen molar-refractivity contribution < 1.29 is 19.4 Å². The van der Waals surface area contributed by atoms with Gasteiger partial charge in [-0.1, -0.05) is 39.5 Å². The summed E-state index contributed by atoms with van der Waals surface area (Å²) in [5.41, 5.74) is 0.430. The fourth-order valence-electron chi connectivity index (χ4n) is 4.13. The van der Waals surface area contributed by atoms with E-state index in [4.69, 9.17) is 4.74 Å². The highest BCUT2D eigenvalue weighted by Gasteiger charge is 2.57. The summed E-state index contributed by atoms with van der Waals surface area (Å²) in [7, 11) is 0. The molecule has 2 atom stereocenters. The number of nitrogens with zero attached hydrogens (tertiary/aromatic N) is 4. The highest BCUT2D eigenvalue weighted by Crippen LogP contribution is 2.41. The lowest BCUT2D eigenvalue weighted by molar-refractivity contribution is -0.149. The number of carboxylic acid groups (broad SMARTS) is 1. The minimum Gasteiger partial charge on any atom is -0.479 e. The SMILES string of the molecule is C=Cc1cc(C(=O)N2C(c3nccs3)OCC2(Cn2cccn2)C(=O)O)ccc1C(C)(C)C. The average Bonchev–Trinajstić information content (AvgIpc) is 3.53. The Hall–Kier alpha value is -3.30. The Kier molecular flexibility index (Phi) is 5.94. The van der Waals surface area contributed by atoms with Crippen LogP contribution in [0.15, 0.2) is 54.8 Å². The molecule has 1 saturated heterocycles. The molecule has 172 valence electrons. The number of aromatic nitrogens is 3. The van der Waals surface area contributed by atoms with Gasteiger partial charge in [0.05, 0.1) is 13.2 Å². The first kappa shape index (κ1) is 22.9. The maximum absolute atomic E-state index is 13.9. The summed E-state index contributed by atoms with van der Waals surface area (Å²) >= 11 is 1.31. The second-order valence-corrected chi connectivity index (χ2v) is 9.93. The Balaban J connectivity index is 1.82. The molecule has 8 nitrogen and oxygen atoms in total. The van der Waals surface area contributed by atoms with Crippen LogP contribution in [-0.2, 0) is 21.5 Å². The Bertz CT molecular complexity index is 1170. The van der Waals surface area contributed by atoms with Crippen molar-refractivity contribution in [2.75, 3.05) is 6.61 Å². The van der Waals surface area contributed by atoms with Gasteiger partial charge < -0.3 is 9.84 Å². The summed E-state index contributed by atoms with van der Waals surface area (Å²) in [6, 6.07) is 7.09. The van der Waals surface area contributed by atoms with Gasteiger partial charge in [0, 0.05) is 29.5 Å². The van der Waals surface area contributed by atoms with Gasteiger partial charge in [0.25, 0.3) is 5.91 Å². The Morgan fingerprint density at radius 1 is 1.36 bits per heavy atom. The van der Waals surface area contributed by atoms with Crippen molar-refractivity contribution in [2.24, 2.45) is 0 Å². The third-order valence-corrected chi connectivity index (χ3v) is 6.57. The quantitative estimate of drug-likeness (QED) is 0.590. The molecule has 4 rings (SSSR count). The molecule has 1 aliphatic heterocycles. The summed E-state index contributed by atoms with van der Waals surface area (Å²) in [4.78, 5) is 32.2. The minimum atomic E-state index is -1.66. The summed E-state index contributed by atoms with van der Waals surface area (Å²) < 4.78 is 7.42. The first-order valence-corrected chi connectivity index (χ1v) is 11.4. The van der Waals surface area contributed by atoms with Crippen molar-refractivity contribution in [3.05, 3.63) is 76.5 Å². The molecule has 3 heterocycles. The second-order valence-electron chi connectivity index (χ2n) is 9.01. The molecule has 33 heavy (non-hydrogen) atoms. The number of carbonyl (C=O) groups excluding carboxylic acids is 1. The van der Waals surface area contributed by atoms with E-state index in [0.29, 0.717) is 10.6 Å². The number of hydrogen-bond donors (Lipinski definition) is 1. The predicted molar refractivity (Wildman–Crippen MR) is 125 cm³/mol. The molecule has 0 aliphatic carbocycles. The van der Waals surface area contributed by atoms with Gasteiger partial charge in [-0.15, -0.1) is 11.3 Å². The summed E-state index contributed by atoms with van der Waals surface area (Å²) in [5.74, 6) is -1.62. The van der Waals surface area contributed by atoms with Gasteiger partial charge in [-0.2, -0.15) is 5.10 Å². The van der Waals surface area contributed by atoms with E-state index in [1.807, 2.05) is 6.07 Å². The number of hydrogen-bond acceptors (Lipinski definition) is 6. The highest BCUT2D eigenvalue weighted by atomic mass is 32.1. The van der Waals surface area contributed by atoms with Crippen LogP contribution in [0, 0.1) is 0 Å². The van der Waals surface area contributed by atoms with E-state index in [2.05, 4.69) is 37.4 Å². The fraction of sp³-hybridized carbons (Fsp3) is 0.333. The normalized spacial score (nSPS) is 20.7. The average molecular weight is 467 g/mol. The molecule has 2 unspecified atom stereocenters. The molecular weight excluding hydrogens is 440 g/mol. The van der Waals surface area contributed by atoms with Crippen molar-refractivity contribution in [1.82, 2.24) is 19.7 Å². The Morgan fingerprint density at radius 2 is 2.15 bits per heavy atom. The Labute approximate surface area is 196 Å². The lowest BCUT2D eigenvalue weighted by Crippen LogP contribution is -2.58. The molecule has 1 aromatic carbocycles. The maximum Gasteiger partial charge on any atom is 0.334 e.